The molecule has 2 heteroatoms. The highest BCUT2D eigenvalue weighted by molar-refractivity contribution is 5.95. The van der Waals surface area contributed by atoms with Crippen LogP contribution in [0.5, 0.6) is 0 Å². The van der Waals surface area contributed by atoms with E-state index in [1.165, 1.54) is 5.57 Å². The van der Waals surface area contributed by atoms with E-state index in [1.54, 1.807) is 0 Å². The number of Topliss-reactive ketones (excluding diaryl/α,β-unsaturated/α-hetero) is 1. The van der Waals surface area contributed by atoms with E-state index < -0.39 is 0 Å². The second-order valence-electron chi connectivity index (χ2n) is 3.45. The summed E-state index contributed by atoms with van der Waals surface area (Å²) in [6.07, 6.45) is 5.38. The lowest BCUT2D eigenvalue weighted by atomic mass is 10.2. The van der Waals surface area contributed by atoms with Gasteiger partial charge in [-0.05, 0) is 12.5 Å². The van der Waals surface area contributed by atoms with E-state index in [4.69, 9.17) is 0 Å². The third kappa shape index (κ3) is 2.59. The Balaban J connectivity index is 2.68. The fraction of sp³-hybridized carbons (Fsp3) is 0.417. The van der Waals surface area contributed by atoms with Gasteiger partial charge >= 0.3 is 0 Å². The molecule has 0 saturated heterocycles. The topological polar surface area (TPSA) is 22.0 Å². The number of nitrogens with zero attached hydrogens (tertiary/aromatic N) is 1. The first-order valence-electron chi connectivity index (χ1n) is 5.03. The third-order valence-electron chi connectivity index (χ3n) is 2.30. The minimum absolute atomic E-state index is 0.200. The van der Waals surface area contributed by atoms with Crippen LogP contribution in [0.15, 0.2) is 30.6 Å². The Bertz CT molecular complexity index is 336. The average Bonchev–Trinajstić information content (AvgIpc) is 2.65. The second-order valence-corrected chi connectivity index (χ2v) is 3.45. The number of allylic oxidation sites excluding steroid dienone is 1. The summed E-state index contributed by atoms with van der Waals surface area (Å²) in [5.74, 6) is 0.200. The normalized spacial score (nSPS) is 10.1. The molecule has 0 aliphatic rings. The molecule has 76 valence electrons. The first kappa shape index (κ1) is 10.8. The molecule has 0 radical (unpaired) electrons. The molecule has 0 amide bonds. The summed E-state index contributed by atoms with van der Waals surface area (Å²) in [5, 5.41) is 0. The van der Waals surface area contributed by atoms with E-state index in [1.807, 2.05) is 30.0 Å². The molecular weight excluding hydrogens is 174 g/mol. The van der Waals surface area contributed by atoms with Crippen LogP contribution < -0.4 is 0 Å². The van der Waals surface area contributed by atoms with Crippen LogP contribution in [0.25, 0.3) is 0 Å². The molecule has 0 aliphatic carbocycles. The van der Waals surface area contributed by atoms with Gasteiger partial charge in [0.15, 0.2) is 5.78 Å². The zero-order valence-corrected chi connectivity index (χ0v) is 8.92. The smallest absolute Gasteiger partial charge is 0.164 e. The molecule has 1 aromatic heterocycles. The molecular formula is C12H17NO. The number of ketones is 1. The van der Waals surface area contributed by atoms with E-state index in [0.29, 0.717) is 6.42 Å². The fourth-order valence-electron chi connectivity index (χ4n) is 1.28. The predicted octanol–water partition coefficient (Wildman–Crippen LogP) is 3.05. The molecule has 0 saturated carbocycles. The summed E-state index contributed by atoms with van der Waals surface area (Å²) in [6.45, 7) is 8.72. The highest BCUT2D eigenvalue weighted by Crippen LogP contribution is 2.08. The Hall–Kier alpha value is -1.31. The van der Waals surface area contributed by atoms with Crippen LogP contribution in [-0.2, 0) is 6.54 Å². The van der Waals surface area contributed by atoms with Crippen molar-refractivity contribution in [3.63, 3.8) is 0 Å². The molecule has 0 aliphatic heterocycles. The maximum atomic E-state index is 11.3. The van der Waals surface area contributed by atoms with E-state index >= 15 is 0 Å². The third-order valence-corrected chi connectivity index (χ3v) is 2.30. The summed E-state index contributed by atoms with van der Waals surface area (Å²) in [4.78, 5) is 11.3. The van der Waals surface area contributed by atoms with Crippen molar-refractivity contribution in [3.05, 3.63) is 36.2 Å². The van der Waals surface area contributed by atoms with Gasteiger partial charge in [0, 0.05) is 30.9 Å². The van der Waals surface area contributed by atoms with E-state index in [-0.39, 0.29) is 5.78 Å². The molecule has 0 bridgehead atoms. The van der Waals surface area contributed by atoms with E-state index in [0.717, 1.165) is 18.5 Å². The standard InChI is InChI=1S/C12H17NO/c1-4-10(3)8-13-7-6-11(9-13)12(14)5-2/h6-7,9H,3-5,8H2,1-2H3. The van der Waals surface area contributed by atoms with Crippen LogP contribution >= 0.6 is 0 Å². The Labute approximate surface area is 85.2 Å². The van der Waals surface area contributed by atoms with Gasteiger partial charge in [0.1, 0.15) is 0 Å². The Kier molecular flexibility index (Phi) is 3.69. The van der Waals surface area contributed by atoms with Crippen molar-refractivity contribution in [2.45, 2.75) is 33.2 Å². The van der Waals surface area contributed by atoms with Crippen LogP contribution in [0.4, 0.5) is 0 Å². The van der Waals surface area contributed by atoms with Gasteiger partial charge in [0.05, 0.1) is 0 Å². The van der Waals surface area contributed by atoms with Gasteiger partial charge in [-0.1, -0.05) is 26.0 Å². The second kappa shape index (κ2) is 4.80. The molecule has 1 rings (SSSR count). The molecule has 0 atom stereocenters. The van der Waals surface area contributed by atoms with Gasteiger partial charge < -0.3 is 4.57 Å². The number of carbonyl (C=O) groups excluding carboxylic acids is 1. The lowest BCUT2D eigenvalue weighted by Gasteiger charge is -2.03. The summed E-state index contributed by atoms with van der Waals surface area (Å²) in [5.41, 5.74) is 1.98. The Morgan fingerprint density at radius 3 is 2.71 bits per heavy atom. The molecule has 1 heterocycles. The van der Waals surface area contributed by atoms with Crippen LogP contribution in [0.2, 0.25) is 0 Å². The monoisotopic (exact) mass is 191 g/mol. The zero-order chi connectivity index (χ0) is 10.6. The van der Waals surface area contributed by atoms with Gasteiger partial charge in [-0.25, -0.2) is 0 Å². The highest BCUT2D eigenvalue weighted by atomic mass is 16.1. The minimum Gasteiger partial charge on any atom is -0.349 e. The van der Waals surface area contributed by atoms with Crippen LogP contribution in [-0.4, -0.2) is 10.4 Å². The fourth-order valence-corrected chi connectivity index (χ4v) is 1.28. The average molecular weight is 191 g/mol. The van der Waals surface area contributed by atoms with Gasteiger partial charge in [-0.2, -0.15) is 0 Å². The van der Waals surface area contributed by atoms with Crippen molar-refractivity contribution >= 4 is 5.78 Å². The van der Waals surface area contributed by atoms with Crippen molar-refractivity contribution < 1.29 is 4.79 Å². The van der Waals surface area contributed by atoms with Crippen molar-refractivity contribution in [3.8, 4) is 0 Å². The molecule has 0 N–H and O–H groups in total. The molecule has 14 heavy (non-hydrogen) atoms. The van der Waals surface area contributed by atoms with Gasteiger partial charge in [0.25, 0.3) is 0 Å². The van der Waals surface area contributed by atoms with Crippen molar-refractivity contribution in [2.75, 3.05) is 0 Å². The predicted molar refractivity (Wildman–Crippen MR) is 58.5 cm³/mol. The lowest BCUT2D eigenvalue weighted by molar-refractivity contribution is 0.0988. The largest absolute Gasteiger partial charge is 0.349 e. The molecule has 1 aromatic rings. The molecule has 0 aromatic carbocycles. The minimum atomic E-state index is 0.200. The summed E-state index contributed by atoms with van der Waals surface area (Å²) in [7, 11) is 0. The summed E-state index contributed by atoms with van der Waals surface area (Å²) in [6, 6.07) is 1.87. The molecule has 0 spiro atoms. The number of aromatic nitrogens is 1. The van der Waals surface area contributed by atoms with Gasteiger partial charge in [-0.15, -0.1) is 0 Å². The summed E-state index contributed by atoms with van der Waals surface area (Å²) >= 11 is 0. The maximum absolute atomic E-state index is 11.3. The van der Waals surface area contributed by atoms with Crippen LogP contribution in [0, 0.1) is 0 Å². The van der Waals surface area contributed by atoms with Crippen molar-refractivity contribution in [1.82, 2.24) is 4.57 Å². The number of hydrogen-bond donors (Lipinski definition) is 0. The number of rotatable bonds is 5. The Morgan fingerprint density at radius 1 is 1.43 bits per heavy atom. The lowest BCUT2D eigenvalue weighted by Crippen LogP contribution is -1.98. The zero-order valence-electron chi connectivity index (χ0n) is 8.92. The molecule has 0 unspecified atom stereocenters. The molecule has 2 nitrogen and oxygen atoms in total. The van der Waals surface area contributed by atoms with Crippen LogP contribution in [0.1, 0.15) is 37.0 Å². The molecule has 0 fully saturated rings. The van der Waals surface area contributed by atoms with Crippen LogP contribution in [0.3, 0.4) is 0 Å². The highest BCUT2D eigenvalue weighted by Gasteiger charge is 2.04. The van der Waals surface area contributed by atoms with Crippen molar-refractivity contribution in [1.29, 1.82) is 0 Å². The summed E-state index contributed by atoms with van der Waals surface area (Å²) < 4.78 is 2.01. The van der Waals surface area contributed by atoms with Gasteiger partial charge in [-0.3, -0.25) is 4.79 Å². The van der Waals surface area contributed by atoms with E-state index in [9.17, 15) is 4.79 Å². The first-order chi connectivity index (χ1) is 6.67. The quantitative estimate of drug-likeness (QED) is 0.518. The number of carbonyl (C=O) groups is 1. The first-order valence-corrected chi connectivity index (χ1v) is 5.03. The maximum Gasteiger partial charge on any atom is 0.164 e. The van der Waals surface area contributed by atoms with Gasteiger partial charge in [0.2, 0.25) is 0 Å². The number of hydrogen-bond acceptors (Lipinski definition) is 1. The SMILES string of the molecule is C=C(CC)Cn1ccc(C(=O)CC)c1. The van der Waals surface area contributed by atoms with Crippen molar-refractivity contribution in [2.24, 2.45) is 0 Å². The van der Waals surface area contributed by atoms with E-state index in [2.05, 4.69) is 13.5 Å². The Morgan fingerprint density at radius 2 is 2.14 bits per heavy atom.